The third kappa shape index (κ3) is 8.31. The van der Waals surface area contributed by atoms with Gasteiger partial charge in [-0.2, -0.15) is 0 Å². The van der Waals surface area contributed by atoms with Crippen LogP contribution in [0.3, 0.4) is 0 Å². The van der Waals surface area contributed by atoms with Gasteiger partial charge in [0, 0.05) is 43.1 Å². The molecule has 4 rings (SSSR count). The molecule has 0 bridgehead atoms. The molecular formula is C29H39N3O7. The third-order valence-corrected chi connectivity index (χ3v) is 7.39. The lowest BCUT2D eigenvalue weighted by molar-refractivity contribution is -0.253. The van der Waals surface area contributed by atoms with Gasteiger partial charge in [-0.15, -0.1) is 0 Å². The maximum atomic E-state index is 12.4. The van der Waals surface area contributed by atoms with Gasteiger partial charge in [0.15, 0.2) is 6.29 Å². The first kappa shape index (κ1) is 29.1. The van der Waals surface area contributed by atoms with Crippen LogP contribution < -0.4 is 10.8 Å². The number of carbonyl (C=O) groups is 2. The Hall–Kier alpha value is -2.86. The van der Waals surface area contributed by atoms with Gasteiger partial charge in [0.25, 0.3) is 0 Å². The minimum Gasteiger partial charge on any atom is -0.395 e. The first-order valence-corrected chi connectivity index (χ1v) is 13.7. The Labute approximate surface area is 228 Å². The van der Waals surface area contributed by atoms with E-state index in [0.717, 1.165) is 36.1 Å². The van der Waals surface area contributed by atoms with Crippen molar-refractivity contribution in [2.45, 2.75) is 76.1 Å². The van der Waals surface area contributed by atoms with Gasteiger partial charge in [-0.25, -0.2) is 5.48 Å². The minimum atomic E-state index is -0.643. The molecule has 2 aromatic rings. The topological polar surface area (TPSA) is 141 Å². The average Bonchev–Trinajstić information content (AvgIpc) is 3.42. The average molecular weight is 542 g/mol. The molecule has 10 heteroatoms. The number of nitrogens with one attached hydrogen (secondary N) is 2. The molecule has 0 unspecified atom stereocenters. The number of hydrogen-bond donors (Lipinski definition) is 5. The lowest BCUT2D eigenvalue weighted by atomic mass is 9.99. The van der Waals surface area contributed by atoms with Crippen LogP contribution in [0.2, 0.25) is 0 Å². The second-order valence-electron chi connectivity index (χ2n) is 10.2. The summed E-state index contributed by atoms with van der Waals surface area (Å²) >= 11 is 0. The Morgan fingerprint density at radius 1 is 0.974 bits per heavy atom. The van der Waals surface area contributed by atoms with E-state index in [1.807, 2.05) is 48.5 Å². The number of anilines is 1. The van der Waals surface area contributed by atoms with Gasteiger partial charge < -0.3 is 25.0 Å². The van der Waals surface area contributed by atoms with Crippen molar-refractivity contribution in [3.8, 4) is 0 Å². The fourth-order valence-electron chi connectivity index (χ4n) is 5.25. The number of aliphatic hydroxyl groups is 2. The first-order valence-electron chi connectivity index (χ1n) is 13.7. The molecule has 2 aliphatic heterocycles. The largest absolute Gasteiger partial charge is 0.395 e. The fraction of sp³-hybridized carbons (Fsp3) is 0.517. The van der Waals surface area contributed by atoms with E-state index in [-0.39, 0.29) is 50.2 Å². The molecular weight excluding hydrogens is 502 g/mol. The Morgan fingerprint density at radius 3 is 2.46 bits per heavy atom. The van der Waals surface area contributed by atoms with Crippen LogP contribution >= 0.6 is 0 Å². The summed E-state index contributed by atoms with van der Waals surface area (Å²) in [7, 11) is 0. The number of amides is 2. The quantitative estimate of drug-likeness (QED) is 0.157. The van der Waals surface area contributed by atoms with Gasteiger partial charge in [0.2, 0.25) is 11.8 Å². The summed E-state index contributed by atoms with van der Waals surface area (Å²) < 4.78 is 12.9. The second kappa shape index (κ2) is 14.5. The van der Waals surface area contributed by atoms with Crippen LogP contribution in [-0.4, -0.2) is 64.0 Å². The van der Waals surface area contributed by atoms with E-state index in [0.29, 0.717) is 31.5 Å². The Balaban J connectivity index is 1.44. The lowest BCUT2D eigenvalue weighted by Gasteiger charge is -2.38. The van der Waals surface area contributed by atoms with E-state index < -0.39 is 12.2 Å². The SMILES string of the molecule is O=C(CCCCC(=O)Nc1cccc([C@@H]2O[C@H](CN3CCC[C@H]3CO)C[C@H](c3ccc(CO)cc3)O2)c1)NO. The molecule has 4 atom stereocenters. The van der Waals surface area contributed by atoms with Crippen LogP contribution in [0, 0.1) is 0 Å². The van der Waals surface area contributed by atoms with Crippen LogP contribution in [-0.2, 0) is 25.7 Å². The fourth-order valence-corrected chi connectivity index (χ4v) is 5.25. The van der Waals surface area contributed by atoms with Crippen molar-refractivity contribution in [1.29, 1.82) is 0 Å². The van der Waals surface area contributed by atoms with Crippen LogP contribution in [0.5, 0.6) is 0 Å². The summed E-state index contributed by atoms with van der Waals surface area (Å²) in [5.74, 6) is -0.626. The molecule has 2 amide bonds. The molecule has 2 saturated heterocycles. The molecule has 0 saturated carbocycles. The van der Waals surface area contributed by atoms with E-state index >= 15 is 0 Å². The van der Waals surface area contributed by atoms with Gasteiger partial charge in [0.1, 0.15) is 0 Å². The lowest BCUT2D eigenvalue weighted by Crippen LogP contribution is -2.42. The smallest absolute Gasteiger partial charge is 0.243 e. The van der Waals surface area contributed by atoms with Crippen molar-refractivity contribution in [1.82, 2.24) is 10.4 Å². The van der Waals surface area contributed by atoms with E-state index in [2.05, 4.69) is 10.2 Å². The number of nitrogens with zero attached hydrogens (tertiary/aromatic N) is 1. The summed E-state index contributed by atoms with van der Waals surface area (Å²) in [4.78, 5) is 25.9. The molecule has 0 radical (unpaired) electrons. The van der Waals surface area contributed by atoms with Gasteiger partial charge in [-0.3, -0.25) is 19.7 Å². The maximum Gasteiger partial charge on any atom is 0.243 e. The molecule has 5 N–H and O–H groups in total. The Bertz CT molecular complexity index is 1080. The zero-order valence-corrected chi connectivity index (χ0v) is 22.1. The summed E-state index contributed by atoms with van der Waals surface area (Å²) in [5, 5.41) is 30.7. The highest BCUT2D eigenvalue weighted by Gasteiger charge is 2.35. The standard InChI is InChI=1S/C29H39N3O7/c33-18-20-10-12-21(13-11-20)26-16-25(17-32-14-4-7-24(32)19-34)38-29(39-26)22-5-3-6-23(15-22)30-27(35)8-1-2-9-28(36)31-37/h3,5-6,10-13,15,24-26,29,33-34,37H,1-2,4,7-9,14,16-19H2,(H,30,35)(H,31,36)/t24-,25-,26+,29+/m0/s1. The molecule has 2 aromatic carbocycles. The van der Waals surface area contributed by atoms with E-state index in [1.165, 1.54) is 0 Å². The van der Waals surface area contributed by atoms with Gasteiger partial charge in [-0.1, -0.05) is 36.4 Å². The van der Waals surface area contributed by atoms with E-state index in [9.17, 15) is 19.8 Å². The zero-order valence-electron chi connectivity index (χ0n) is 22.1. The van der Waals surface area contributed by atoms with Gasteiger partial charge in [-0.05, 0) is 55.5 Å². The molecule has 2 fully saturated rings. The highest BCUT2D eigenvalue weighted by molar-refractivity contribution is 5.90. The number of hydroxylamine groups is 1. The van der Waals surface area contributed by atoms with Crippen molar-refractivity contribution >= 4 is 17.5 Å². The zero-order chi connectivity index (χ0) is 27.6. The summed E-state index contributed by atoms with van der Waals surface area (Å²) in [5.41, 5.74) is 4.84. The van der Waals surface area contributed by atoms with Crippen LogP contribution in [0.25, 0.3) is 0 Å². The van der Waals surface area contributed by atoms with Crippen LogP contribution in [0.4, 0.5) is 5.69 Å². The number of carbonyl (C=O) groups excluding carboxylic acids is 2. The minimum absolute atomic E-state index is 0.0197. The summed E-state index contributed by atoms with van der Waals surface area (Å²) in [6.45, 7) is 1.74. The molecule has 0 aliphatic carbocycles. The second-order valence-corrected chi connectivity index (χ2v) is 10.2. The Morgan fingerprint density at radius 2 is 1.74 bits per heavy atom. The predicted molar refractivity (Wildman–Crippen MR) is 144 cm³/mol. The molecule has 0 aromatic heterocycles. The first-order chi connectivity index (χ1) is 19.0. The number of benzene rings is 2. The van der Waals surface area contributed by atoms with Gasteiger partial charge in [0.05, 0.1) is 25.4 Å². The highest BCUT2D eigenvalue weighted by Crippen LogP contribution is 2.39. The van der Waals surface area contributed by atoms with Crippen molar-refractivity contribution in [2.24, 2.45) is 0 Å². The molecule has 2 aliphatic rings. The van der Waals surface area contributed by atoms with Crippen LogP contribution in [0.15, 0.2) is 48.5 Å². The van der Waals surface area contributed by atoms with Crippen molar-refractivity contribution < 1.29 is 34.5 Å². The molecule has 212 valence electrons. The number of hydrogen-bond acceptors (Lipinski definition) is 8. The monoisotopic (exact) mass is 541 g/mol. The summed E-state index contributed by atoms with van der Waals surface area (Å²) in [6, 6.07) is 15.3. The molecule has 2 heterocycles. The van der Waals surface area contributed by atoms with Crippen molar-refractivity contribution in [3.05, 3.63) is 65.2 Å². The normalized spacial score (nSPS) is 23.5. The third-order valence-electron chi connectivity index (χ3n) is 7.39. The number of unbranched alkanes of at least 4 members (excludes halogenated alkanes) is 1. The van der Waals surface area contributed by atoms with Crippen molar-refractivity contribution in [3.63, 3.8) is 0 Å². The maximum absolute atomic E-state index is 12.4. The number of aliphatic hydroxyl groups excluding tert-OH is 2. The van der Waals surface area contributed by atoms with E-state index in [1.54, 1.807) is 5.48 Å². The van der Waals surface area contributed by atoms with Crippen molar-refractivity contribution in [2.75, 3.05) is 25.0 Å². The molecule has 0 spiro atoms. The number of ether oxygens (including phenoxy) is 2. The predicted octanol–water partition coefficient (Wildman–Crippen LogP) is 3.19. The molecule has 39 heavy (non-hydrogen) atoms. The number of likely N-dealkylation sites (tertiary alicyclic amines) is 1. The van der Waals surface area contributed by atoms with Crippen LogP contribution in [0.1, 0.15) is 74.0 Å². The Kier molecular flexibility index (Phi) is 10.8. The summed E-state index contributed by atoms with van der Waals surface area (Å²) in [6.07, 6.45) is 3.17. The number of rotatable bonds is 12. The highest BCUT2D eigenvalue weighted by atomic mass is 16.7. The molecule has 10 nitrogen and oxygen atoms in total. The van der Waals surface area contributed by atoms with E-state index in [4.69, 9.17) is 14.7 Å². The van der Waals surface area contributed by atoms with Gasteiger partial charge >= 0.3 is 0 Å².